The first kappa shape index (κ1) is 14.8. The molecule has 1 atom stereocenters. The van der Waals surface area contributed by atoms with Crippen LogP contribution in [-0.2, 0) is 14.6 Å². The molecule has 20 heavy (non-hydrogen) atoms. The maximum Gasteiger partial charge on any atom is 0.238 e. The molecule has 0 spiro atoms. The van der Waals surface area contributed by atoms with Gasteiger partial charge in [-0.15, -0.1) is 0 Å². The third kappa shape index (κ3) is 3.94. The summed E-state index contributed by atoms with van der Waals surface area (Å²) >= 11 is 0. The van der Waals surface area contributed by atoms with Gasteiger partial charge in [-0.1, -0.05) is 0 Å². The number of nitrogen functional groups attached to an aromatic ring is 1. The van der Waals surface area contributed by atoms with Gasteiger partial charge in [0.15, 0.2) is 9.84 Å². The maximum atomic E-state index is 11.9. The minimum Gasteiger partial charge on any atom is -0.399 e. The van der Waals surface area contributed by atoms with E-state index in [0.29, 0.717) is 17.8 Å². The number of carbonyl (C=O) groups excluding carboxylic acids is 1. The van der Waals surface area contributed by atoms with Gasteiger partial charge in [-0.05, 0) is 37.7 Å². The molecule has 0 bridgehead atoms. The first-order valence-electron chi connectivity index (χ1n) is 6.42. The van der Waals surface area contributed by atoms with Crippen LogP contribution in [0.5, 0.6) is 0 Å². The Hall–Kier alpha value is -1.60. The number of rotatable bonds is 4. The molecule has 0 aromatic heterocycles. The first-order valence-corrected chi connectivity index (χ1v) is 8.24. The van der Waals surface area contributed by atoms with Crippen LogP contribution in [0, 0.1) is 0 Å². The van der Waals surface area contributed by atoms with Gasteiger partial charge < -0.3 is 11.1 Å². The highest BCUT2D eigenvalue weighted by Crippen LogP contribution is 2.16. The molecule has 2 rings (SSSR count). The van der Waals surface area contributed by atoms with E-state index in [0.717, 1.165) is 0 Å². The highest BCUT2D eigenvalue weighted by atomic mass is 32.2. The maximum absolute atomic E-state index is 11.9. The second-order valence-electron chi connectivity index (χ2n) is 5.14. The van der Waals surface area contributed by atoms with E-state index in [9.17, 15) is 13.2 Å². The Morgan fingerprint density at radius 3 is 2.60 bits per heavy atom. The van der Waals surface area contributed by atoms with E-state index < -0.39 is 9.84 Å². The molecule has 0 radical (unpaired) electrons. The van der Waals surface area contributed by atoms with Gasteiger partial charge >= 0.3 is 0 Å². The number of hydrogen-bond donors (Lipinski definition) is 2. The average Bonchev–Trinajstić information content (AvgIpc) is 2.73. The number of benzene rings is 1. The number of carbonyl (C=O) groups is 1. The van der Waals surface area contributed by atoms with Crippen LogP contribution in [0.15, 0.2) is 24.3 Å². The Morgan fingerprint density at radius 2 is 2.05 bits per heavy atom. The van der Waals surface area contributed by atoms with E-state index in [4.69, 9.17) is 5.73 Å². The first-order chi connectivity index (χ1) is 9.35. The number of anilines is 2. The van der Waals surface area contributed by atoms with Crippen LogP contribution in [0.4, 0.5) is 11.4 Å². The third-order valence-electron chi connectivity index (χ3n) is 3.42. The standard InChI is InChI=1S/C13H19N3O3S/c1-16(12-6-7-20(18,19)9-12)8-13(17)15-11-4-2-10(14)3-5-11/h2-5,12H,6-9,14H2,1H3,(H,15,17). The van der Waals surface area contributed by atoms with Gasteiger partial charge in [0.25, 0.3) is 0 Å². The summed E-state index contributed by atoms with van der Waals surface area (Å²) in [4.78, 5) is 13.7. The zero-order chi connectivity index (χ0) is 14.8. The minimum absolute atomic E-state index is 0.0721. The smallest absolute Gasteiger partial charge is 0.238 e. The molecule has 1 amide bonds. The van der Waals surface area contributed by atoms with E-state index in [1.54, 1.807) is 36.2 Å². The summed E-state index contributed by atoms with van der Waals surface area (Å²) in [5.41, 5.74) is 6.88. The van der Waals surface area contributed by atoms with E-state index in [1.807, 2.05) is 0 Å². The summed E-state index contributed by atoms with van der Waals surface area (Å²) in [5.74, 6) is 0.182. The summed E-state index contributed by atoms with van der Waals surface area (Å²) in [7, 11) is -1.16. The lowest BCUT2D eigenvalue weighted by Crippen LogP contribution is -2.38. The molecule has 1 aliphatic heterocycles. The van der Waals surface area contributed by atoms with Gasteiger partial charge in [-0.2, -0.15) is 0 Å². The van der Waals surface area contributed by atoms with Gasteiger partial charge in [0.2, 0.25) is 5.91 Å². The van der Waals surface area contributed by atoms with Crippen molar-refractivity contribution in [1.82, 2.24) is 4.90 Å². The van der Waals surface area contributed by atoms with Crippen molar-refractivity contribution in [3.63, 3.8) is 0 Å². The third-order valence-corrected chi connectivity index (χ3v) is 5.17. The van der Waals surface area contributed by atoms with Crippen molar-refractivity contribution < 1.29 is 13.2 Å². The summed E-state index contributed by atoms with van der Waals surface area (Å²) in [5, 5.41) is 2.76. The summed E-state index contributed by atoms with van der Waals surface area (Å²) in [6, 6.07) is 6.81. The monoisotopic (exact) mass is 297 g/mol. The molecular formula is C13H19N3O3S. The lowest BCUT2D eigenvalue weighted by Gasteiger charge is -2.22. The molecular weight excluding hydrogens is 278 g/mol. The Kier molecular flexibility index (Phi) is 4.29. The van der Waals surface area contributed by atoms with E-state index in [-0.39, 0.29) is 30.0 Å². The van der Waals surface area contributed by atoms with Crippen molar-refractivity contribution in [2.75, 3.05) is 36.1 Å². The van der Waals surface area contributed by atoms with Crippen molar-refractivity contribution in [3.05, 3.63) is 24.3 Å². The van der Waals surface area contributed by atoms with Crippen molar-refractivity contribution in [2.45, 2.75) is 12.5 Å². The summed E-state index contributed by atoms with van der Waals surface area (Å²) in [6.07, 6.45) is 0.591. The summed E-state index contributed by atoms with van der Waals surface area (Å²) < 4.78 is 22.8. The van der Waals surface area contributed by atoms with Gasteiger partial charge in [0.1, 0.15) is 0 Å². The normalized spacial score (nSPS) is 21.0. The topological polar surface area (TPSA) is 92.5 Å². The molecule has 110 valence electrons. The zero-order valence-corrected chi connectivity index (χ0v) is 12.2. The lowest BCUT2D eigenvalue weighted by molar-refractivity contribution is -0.117. The van der Waals surface area contributed by atoms with Crippen LogP contribution < -0.4 is 11.1 Å². The largest absolute Gasteiger partial charge is 0.399 e. The van der Waals surface area contributed by atoms with Crippen molar-refractivity contribution in [1.29, 1.82) is 0 Å². The predicted molar refractivity (Wildman–Crippen MR) is 79.2 cm³/mol. The molecule has 6 nitrogen and oxygen atoms in total. The SMILES string of the molecule is CN(CC(=O)Nc1ccc(N)cc1)C1CCS(=O)(=O)C1. The number of amides is 1. The number of hydrogen-bond acceptors (Lipinski definition) is 5. The molecule has 1 aliphatic rings. The fourth-order valence-electron chi connectivity index (χ4n) is 2.25. The molecule has 1 aromatic rings. The molecule has 1 aromatic carbocycles. The highest BCUT2D eigenvalue weighted by molar-refractivity contribution is 7.91. The molecule has 1 unspecified atom stereocenters. The fourth-order valence-corrected chi connectivity index (χ4v) is 4.05. The van der Waals surface area contributed by atoms with Crippen LogP contribution >= 0.6 is 0 Å². The second-order valence-corrected chi connectivity index (χ2v) is 7.37. The zero-order valence-electron chi connectivity index (χ0n) is 11.4. The number of likely N-dealkylation sites (N-methyl/N-ethyl adjacent to an activating group) is 1. The van der Waals surface area contributed by atoms with Crippen molar-refractivity contribution >= 4 is 27.1 Å². The van der Waals surface area contributed by atoms with Gasteiger partial charge in [0, 0.05) is 17.4 Å². The Balaban J connectivity index is 1.87. The van der Waals surface area contributed by atoms with Crippen molar-refractivity contribution in [3.8, 4) is 0 Å². The van der Waals surface area contributed by atoms with E-state index in [1.165, 1.54) is 0 Å². The van der Waals surface area contributed by atoms with Crippen LogP contribution in [-0.4, -0.2) is 50.4 Å². The molecule has 7 heteroatoms. The summed E-state index contributed by atoms with van der Waals surface area (Å²) in [6.45, 7) is 0.171. The number of sulfone groups is 1. The fraction of sp³-hybridized carbons (Fsp3) is 0.462. The molecule has 0 saturated carbocycles. The van der Waals surface area contributed by atoms with Crippen LogP contribution in [0.3, 0.4) is 0 Å². The molecule has 3 N–H and O–H groups in total. The number of nitrogens with zero attached hydrogens (tertiary/aromatic N) is 1. The van der Waals surface area contributed by atoms with E-state index >= 15 is 0 Å². The number of nitrogens with two attached hydrogens (primary N) is 1. The molecule has 1 fully saturated rings. The van der Waals surface area contributed by atoms with Gasteiger partial charge in [0.05, 0.1) is 18.1 Å². The molecule has 1 heterocycles. The minimum atomic E-state index is -2.93. The van der Waals surface area contributed by atoms with Crippen LogP contribution in [0.2, 0.25) is 0 Å². The van der Waals surface area contributed by atoms with Crippen LogP contribution in [0.1, 0.15) is 6.42 Å². The average molecular weight is 297 g/mol. The Bertz CT molecular complexity index is 583. The molecule has 0 aliphatic carbocycles. The van der Waals surface area contributed by atoms with Gasteiger partial charge in [-0.25, -0.2) is 8.42 Å². The quantitative estimate of drug-likeness (QED) is 0.781. The Labute approximate surface area is 118 Å². The molecule has 1 saturated heterocycles. The Morgan fingerprint density at radius 1 is 1.40 bits per heavy atom. The van der Waals surface area contributed by atoms with Gasteiger partial charge in [-0.3, -0.25) is 9.69 Å². The van der Waals surface area contributed by atoms with Crippen molar-refractivity contribution in [2.24, 2.45) is 0 Å². The second kappa shape index (κ2) is 5.80. The highest BCUT2D eigenvalue weighted by Gasteiger charge is 2.31. The number of nitrogens with one attached hydrogen (secondary N) is 1. The predicted octanol–water partition coefficient (Wildman–Crippen LogP) is 0.326. The van der Waals surface area contributed by atoms with Crippen LogP contribution in [0.25, 0.3) is 0 Å². The van der Waals surface area contributed by atoms with E-state index in [2.05, 4.69) is 5.32 Å². The lowest BCUT2D eigenvalue weighted by atomic mass is 10.2.